The molecule has 3 N–H and O–H groups in total. The van der Waals surface area contributed by atoms with Crippen LogP contribution in [0.5, 0.6) is 0 Å². The molecule has 4 aromatic rings. The van der Waals surface area contributed by atoms with Crippen molar-refractivity contribution >= 4 is 17.0 Å². The van der Waals surface area contributed by atoms with E-state index in [1.165, 1.54) is 6.20 Å². The van der Waals surface area contributed by atoms with Crippen LogP contribution in [0.3, 0.4) is 0 Å². The summed E-state index contributed by atoms with van der Waals surface area (Å²) < 4.78 is 46.4. The third-order valence-electron chi connectivity index (χ3n) is 5.64. The van der Waals surface area contributed by atoms with Crippen molar-refractivity contribution in [3.8, 4) is 22.8 Å². The lowest BCUT2D eigenvalue weighted by molar-refractivity contribution is -0.137. The molecule has 1 aliphatic heterocycles. The molecular weight excluding hydrogens is 437 g/mol. The number of aryl methyl sites for hydroxylation is 1. The van der Waals surface area contributed by atoms with E-state index >= 15 is 0 Å². The van der Waals surface area contributed by atoms with Crippen LogP contribution in [0.2, 0.25) is 0 Å². The number of piperidine rings is 1. The van der Waals surface area contributed by atoms with Gasteiger partial charge in [-0.15, -0.1) is 0 Å². The molecule has 2 atom stereocenters. The van der Waals surface area contributed by atoms with Crippen LogP contribution >= 0.6 is 0 Å². The van der Waals surface area contributed by atoms with Crippen molar-refractivity contribution in [1.82, 2.24) is 35.4 Å². The fourth-order valence-corrected chi connectivity index (χ4v) is 3.90. The van der Waals surface area contributed by atoms with Gasteiger partial charge in [-0.1, -0.05) is 5.16 Å². The van der Waals surface area contributed by atoms with Crippen molar-refractivity contribution in [2.45, 2.75) is 44.9 Å². The van der Waals surface area contributed by atoms with Gasteiger partial charge in [0.15, 0.2) is 0 Å². The standard InChI is InChI=1S/C21H21F3N8O/c1-10-3-4-12(7-25-10)29-20-27-9-15(21(22,23)24)17(31-20)14-8-26-18-13(14)5-6-16(30-18)19-28-11(2)33-32-19/h5-6,8-10,12,25H,3-4,7H2,1-2H3,(H,26,30)(H,27,29,31)/t10-,12-/m0/s1. The van der Waals surface area contributed by atoms with Crippen molar-refractivity contribution in [3.63, 3.8) is 0 Å². The number of alkyl halides is 3. The van der Waals surface area contributed by atoms with E-state index in [1.807, 2.05) is 0 Å². The Hall–Kier alpha value is -3.54. The number of pyridine rings is 1. The van der Waals surface area contributed by atoms with Crippen LogP contribution in [0.4, 0.5) is 19.1 Å². The maximum absolute atomic E-state index is 13.8. The highest BCUT2D eigenvalue weighted by atomic mass is 19.4. The van der Waals surface area contributed by atoms with Crippen LogP contribution in [0.25, 0.3) is 33.8 Å². The summed E-state index contributed by atoms with van der Waals surface area (Å²) >= 11 is 0. The minimum atomic E-state index is -4.62. The summed E-state index contributed by atoms with van der Waals surface area (Å²) in [5.41, 5.74) is -0.0263. The van der Waals surface area contributed by atoms with Gasteiger partial charge < -0.3 is 20.1 Å². The molecule has 33 heavy (non-hydrogen) atoms. The third-order valence-corrected chi connectivity index (χ3v) is 5.64. The van der Waals surface area contributed by atoms with Crippen LogP contribution in [-0.2, 0) is 6.18 Å². The zero-order chi connectivity index (χ0) is 23.2. The Morgan fingerprint density at radius 1 is 1.15 bits per heavy atom. The minimum absolute atomic E-state index is 0.0383. The lowest BCUT2D eigenvalue weighted by atomic mass is 10.0. The second-order valence-electron chi connectivity index (χ2n) is 8.11. The molecule has 0 aliphatic carbocycles. The molecule has 12 heteroatoms. The summed E-state index contributed by atoms with van der Waals surface area (Å²) in [7, 11) is 0. The first-order chi connectivity index (χ1) is 15.8. The first-order valence-corrected chi connectivity index (χ1v) is 10.5. The molecule has 0 aromatic carbocycles. The number of aromatic amines is 1. The maximum atomic E-state index is 13.8. The molecule has 1 saturated heterocycles. The summed E-state index contributed by atoms with van der Waals surface area (Å²) in [4.78, 5) is 19.7. The number of aromatic nitrogens is 6. The van der Waals surface area contributed by atoms with Crippen molar-refractivity contribution in [2.75, 3.05) is 11.9 Å². The number of fused-ring (bicyclic) bond motifs is 1. The van der Waals surface area contributed by atoms with Gasteiger partial charge in [-0.25, -0.2) is 15.0 Å². The van der Waals surface area contributed by atoms with Crippen LogP contribution in [0, 0.1) is 6.92 Å². The van der Waals surface area contributed by atoms with Crippen molar-refractivity contribution < 1.29 is 17.7 Å². The van der Waals surface area contributed by atoms with Crippen LogP contribution in [-0.4, -0.2) is 48.7 Å². The Labute approximate surface area is 186 Å². The topological polar surface area (TPSA) is 117 Å². The van der Waals surface area contributed by atoms with E-state index in [0.717, 1.165) is 19.0 Å². The molecule has 5 heterocycles. The lowest BCUT2D eigenvalue weighted by Crippen LogP contribution is -2.43. The van der Waals surface area contributed by atoms with Gasteiger partial charge >= 0.3 is 6.18 Å². The summed E-state index contributed by atoms with van der Waals surface area (Å²) in [6.45, 7) is 4.45. The van der Waals surface area contributed by atoms with Gasteiger partial charge in [0, 0.05) is 48.9 Å². The van der Waals surface area contributed by atoms with E-state index in [9.17, 15) is 13.2 Å². The number of nitrogens with zero attached hydrogens (tertiary/aromatic N) is 5. The quantitative estimate of drug-likeness (QED) is 0.421. The van der Waals surface area contributed by atoms with E-state index < -0.39 is 11.7 Å². The lowest BCUT2D eigenvalue weighted by Gasteiger charge is -2.28. The maximum Gasteiger partial charge on any atom is 0.419 e. The van der Waals surface area contributed by atoms with E-state index in [2.05, 4.69) is 47.6 Å². The van der Waals surface area contributed by atoms with Gasteiger partial charge in [0.1, 0.15) is 16.9 Å². The Kier molecular flexibility index (Phi) is 5.23. The summed E-state index contributed by atoms with van der Waals surface area (Å²) in [5, 5.41) is 10.8. The molecule has 0 bridgehead atoms. The molecule has 0 radical (unpaired) electrons. The van der Waals surface area contributed by atoms with E-state index in [4.69, 9.17) is 4.52 Å². The average molecular weight is 458 g/mol. The molecule has 172 valence electrons. The zero-order valence-electron chi connectivity index (χ0n) is 17.9. The Morgan fingerprint density at radius 3 is 2.70 bits per heavy atom. The van der Waals surface area contributed by atoms with Crippen LogP contribution in [0.15, 0.2) is 29.0 Å². The molecule has 4 aromatic heterocycles. The van der Waals surface area contributed by atoms with Crippen LogP contribution < -0.4 is 10.6 Å². The largest absolute Gasteiger partial charge is 0.419 e. The number of rotatable bonds is 4. The number of nitrogens with one attached hydrogen (secondary N) is 3. The van der Waals surface area contributed by atoms with E-state index in [0.29, 0.717) is 41.0 Å². The molecule has 1 aliphatic rings. The molecule has 0 unspecified atom stereocenters. The zero-order valence-corrected chi connectivity index (χ0v) is 17.9. The Morgan fingerprint density at radius 2 is 2.00 bits per heavy atom. The Balaban J connectivity index is 1.53. The van der Waals surface area contributed by atoms with Crippen molar-refractivity contribution in [1.29, 1.82) is 0 Å². The number of hydrogen-bond acceptors (Lipinski definition) is 8. The predicted octanol–water partition coefficient (Wildman–Crippen LogP) is 3.95. The Bertz CT molecular complexity index is 1290. The number of halogens is 3. The normalized spacial score (nSPS) is 19.2. The molecular formula is C21H21F3N8O. The highest BCUT2D eigenvalue weighted by molar-refractivity contribution is 5.94. The first-order valence-electron chi connectivity index (χ1n) is 10.5. The third kappa shape index (κ3) is 4.25. The van der Waals surface area contributed by atoms with Gasteiger partial charge in [-0.3, -0.25) is 0 Å². The van der Waals surface area contributed by atoms with Crippen molar-refractivity contribution in [3.05, 3.63) is 36.0 Å². The van der Waals surface area contributed by atoms with E-state index in [1.54, 1.807) is 19.1 Å². The highest BCUT2D eigenvalue weighted by Gasteiger charge is 2.36. The molecule has 1 fully saturated rings. The smallest absolute Gasteiger partial charge is 0.350 e. The van der Waals surface area contributed by atoms with Crippen LogP contribution in [0.1, 0.15) is 31.2 Å². The van der Waals surface area contributed by atoms with Gasteiger partial charge in [-0.05, 0) is 31.9 Å². The first kappa shape index (κ1) is 21.3. The number of anilines is 1. The second-order valence-corrected chi connectivity index (χ2v) is 8.11. The minimum Gasteiger partial charge on any atom is -0.350 e. The molecule has 0 spiro atoms. The number of hydrogen-bond donors (Lipinski definition) is 3. The van der Waals surface area contributed by atoms with Gasteiger partial charge in [0.2, 0.25) is 17.7 Å². The summed E-state index contributed by atoms with van der Waals surface area (Å²) in [6, 6.07) is 3.74. The van der Waals surface area contributed by atoms with Gasteiger partial charge in [0.05, 0.1) is 5.69 Å². The molecule has 5 rings (SSSR count). The molecule has 9 nitrogen and oxygen atoms in total. The summed E-state index contributed by atoms with van der Waals surface area (Å²) in [6.07, 6.45) is -0.486. The molecule has 0 saturated carbocycles. The fourth-order valence-electron chi connectivity index (χ4n) is 3.90. The molecule has 0 amide bonds. The predicted molar refractivity (Wildman–Crippen MR) is 114 cm³/mol. The van der Waals surface area contributed by atoms with E-state index in [-0.39, 0.29) is 23.2 Å². The fraction of sp³-hybridized carbons (Fsp3) is 0.381. The SMILES string of the molecule is Cc1nc(-c2ccc3c(-c4nc(N[C@H]5CC[C@H](C)NC5)ncc4C(F)(F)F)c[nH]c3n2)no1. The van der Waals surface area contributed by atoms with Gasteiger partial charge in [0.25, 0.3) is 0 Å². The van der Waals surface area contributed by atoms with Gasteiger partial charge in [-0.2, -0.15) is 18.2 Å². The second kappa shape index (κ2) is 8.10. The monoisotopic (exact) mass is 458 g/mol. The highest BCUT2D eigenvalue weighted by Crippen LogP contribution is 2.38. The van der Waals surface area contributed by atoms with Crippen molar-refractivity contribution in [2.24, 2.45) is 0 Å². The summed E-state index contributed by atoms with van der Waals surface area (Å²) in [5.74, 6) is 0.837. The number of H-pyrrole nitrogens is 1. The average Bonchev–Trinajstić information content (AvgIpc) is 3.40.